The molecule has 1 aromatic carbocycles. The van der Waals surface area contributed by atoms with Gasteiger partial charge in [-0.1, -0.05) is 0 Å². The Balaban J connectivity index is 2.94. The Hall–Kier alpha value is -1.76. The molecule has 1 N–H and O–H groups in total. The Morgan fingerprint density at radius 1 is 1.59 bits per heavy atom. The van der Waals surface area contributed by atoms with Gasteiger partial charge in [-0.3, -0.25) is 10.1 Å². The molecule has 0 saturated heterocycles. The van der Waals surface area contributed by atoms with Crippen LogP contribution in [0.3, 0.4) is 0 Å². The largest absolute Gasteiger partial charge is 0.493 e. The summed E-state index contributed by atoms with van der Waals surface area (Å²) in [6.07, 6.45) is 1.92. The van der Waals surface area contributed by atoms with Crippen LogP contribution in [0.2, 0.25) is 0 Å². The van der Waals surface area contributed by atoms with E-state index in [9.17, 15) is 14.9 Å². The number of ether oxygens (including phenoxy) is 1. The van der Waals surface area contributed by atoms with Crippen molar-refractivity contribution in [1.82, 2.24) is 0 Å². The monoisotopic (exact) mass is 257 g/mol. The van der Waals surface area contributed by atoms with Crippen molar-refractivity contribution in [2.24, 2.45) is 0 Å². The number of carboxylic acids is 1. The highest BCUT2D eigenvalue weighted by molar-refractivity contribution is 7.98. The molecule has 0 bridgehead atoms. The molecule has 92 valence electrons. The van der Waals surface area contributed by atoms with E-state index in [-0.39, 0.29) is 5.56 Å². The Morgan fingerprint density at radius 2 is 2.29 bits per heavy atom. The maximum atomic E-state index is 10.8. The van der Waals surface area contributed by atoms with E-state index in [1.807, 2.05) is 6.26 Å². The Labute approximate surface area is 102 Å². The SMILES string of the molecule is CSCCOc1ccc([N+](=O)[O-])c(C(=O)O)c1. The van der Waals surface area contributed by atoms with Gasteiger partial charge in [0.25, 0.3) is 5.69 Å². The highest BCUT2D eigenvalue weighted by Gasteiger charge is 2.20. The minimum absolute atomic E-state index is 0.321. The number of benzene rings is 1. The van der Waals surface area contributed by atoms with E-state index in [0.717, 1.165) is 11.8 Å². The fourth-order valence-electron chi connectivity index (χ4n) is 1.18. The van der Waals surface area contributed by atoms with Crippen LogP contribution in [0.4, 0.5) is 5.69 Å². The number of nitro benzene ring substituents is 1. The normalized spacial score (nSPS) is 9.94. The molecule has 1 aromatic rings. The van der Waals surface area contributed by atoms with Crippen molar-refractivity contribution in [1.29, 1.82) is 0 Å². The van der Waals surface area contributed by atoms with Crippen molar-refractivity contribution < 1.29 is 19.6 Å². The molecular weight excluding hydrogens is 246 g/mol. The molecule has 0 aliphatic rings. The van der Waals surface area contributed by atoms with Crippen molar-refractivity contribution >= 4 is 23.4 Å². The Kier molecular flexibility index (Phi) is 4.77. The van der Waals surface area contributed by atoms with E-state index in [4.69, 9.17) is 9.84 Å². The van der Waals surface area contributed by atoms with Crippen LogP contribution in [-0.2, 0) is 0 Å². The molecule has 0 aliphatic heterocycles. The van der Waals surface area contributed by atoms with E-state index >= 15 is 0 Å². The Morgan fingerprint density at radius 3 is 2.82 bits per heavy atom. The summed E-state index contributed by atoms with van der Waals surface area (Å²) in [5, 5.41) is 19.4. The van der Waals surface area contributed by atoms with Crippen LogP contribution in [0.1, 0.15) is 10.4 Å². The minimum Gasteiger partial charge on any atom is -0.493 e. The van der Waals surface area contributed by atoms with Gasteiger partial charge in [0.2, 0.25) is 0 Å². The lowest BCUT2D eigenvalue weighted by molar-refractivity contribution is -0.385. The summed E-state index contributed by atoms with van der Waals surface area (Å²) in [6, 6.07) is 3.70. The topological polar surface area (TPSA) is 89.7 Å². The number of nitrogens with zero attached hydrogens (tertiary/aromatic N) is 1. The zero-order valence-corrected chi connectivity index (χ0v) is 9.90. The molecule has 0 saturated carbocycles. The highest BCUT2D eigenvalue weighted by Crippen LogP contribution is 2.24. The van der Waals surface area contributed by atoms with Crippen molar-refractivity contribution in [3.63, 3.8) is 0 Å². The highest BCUT2D eigenvalue weighted by atomic mass is 32.2. The molecule has 0 aromatic heterocycles. The standard InChI is InChI=1S/C10H11NO5S/c1-17-5-4-16-7-2-3-9(11(14)15)8(6-7)10(12)13/h2-3,6H,4-5H2,1H3,(H,12,13). The third-order valence-electron chi connectivity index (χ3n) is 1.95. The van der Waals surface area contributed by atoms with Gasteiger partial charge >= 0.3 is 5.97 Å². The number of nitro groups is 1. The van der Waals surface area contributed by atoms with Crippen molar-refractivity contribution in [2.75, 3.05) is 18.6 Å². The summed E-state index contributed by atoms with van der Waals surface area (Å²) in [5.41, 5.74) is -0.800. The number of carbonyl (C=O) groups is 1. The maximum absolute atomic E-state index is 10.8. The second-order valence-electron chi connectivity index (χ2n) is 3.08. The fourth-order valence-corrected chi connectivity index (χ4v) is 1.43. The summed E-state index contributed by atoms with van der Waals surface area (Å²) in [5.74, 6) is -0.256. The summed E-state index contributed by atoms with van der Waals surface area (Å²) >= 11 is 1.59. The van der Waals surface area contributed by atoms with E-state index in [0.29, 0.717) is 12.4 Å². The van der Waals surface area contributed by atoms with Crippen LogP contribution in [0, 0.1) is 10.1 Å². The lowest BCUT2D eigenvalue weighted by atomic mass is 10.2. The van der Waals surface area contributed by atoms with Crippen LogP contribution in [0.15, 0.2) is 18.2 Å². The molecule has 0 fully saturated rings. The summed E-state index contributed by atoms with van der Waals surface area (Å²) in [4.78, 5) is 20.7. The quantitative estimate of drug-likeness (QED) is 0.476. The zero-order chi connectivity index (χ0) is 12.8. The molecule has 0 spiro atoms. The third kappa shape index (κ3) is 3.63. The molecule has 0 amide bonds. The predicted octanol–water partition coefficient (Wildman–Crippen LogP) is 2.03. The molecule has 0 heterocycles. The van der Waals surface area contributed by atoms with Gasteiger partial charge in [0, 0.05) is 17.9 Å². The molecule has 0 aliphatic carbocycles. The first kappa shape index (κ1) is 13.3. The molecular formula is C10H11NO5S. The molecule has 0 unspecified atom stereocenters. The number of hydrogen-bond donors (Lipinski definition) is 1. The number of aromatic carboxylic acids is 1. The summed E-state index contributed by atoms with van der Waals surface area (Å²) in [6.45, 7) is 0.429. The van der Waals surface area contributed by atoms with Crippen molar-refractivity contribution in [3.05, 3.63) is 33.9 Å². The van der Waals surface area contributed by atoms with Crippen LogP contribution in [-0.4, -0.2) is 34.6 Å². The first-order valence-corrected chi connectivity index (χ1v) is 6.09. The third-order valence-corrected chi connectivity index (χ3v) is 2.53. The van der Waals surface area contributed by atoms with Crippen LogP contribution >= 0.6 is 11.8 Å². The summed E-state index contributed by atoms with van der Waals surface area (Å²) < 4.78 is 5.27. The number of thioether (sulfide) groups is 1. The molecule has 6 nitrogen and oxygen atoms in total. The lowest BCUT2D eigenvalue weighted by Gasteiger charge is -2.06. The van der Waals surface area contributed by atoms with Crippen LogP contribution in [0.25, 0.3) is 0 Å². The minimum atomic E-state index is -1.34. The molecule has 0 atom stereocenters. The second-order valence-corrected chi connectivity index (χ2v) is 4.07. The van der Waals surface area contributed by atoms with Crippen LogP contribution < -0.4 is 4.74 Å². The lowest BCUT2D eigenvalue weighted by Crippen LogP contribution is -2.05. The van der Waals surface area contributed by atoms with Gasteiger partial charge in [-0.25, -0.2) is 4.79 Å². The maximum Gasteiger partial charge on any atom is 0.342 e. The molecule has 1 rings (SSSR count). The first-order valence-electron chi connectivity index (χ1n) is 4.69. The van der Waals surface area contributed by atoms with Gasteiger partial charge in [0.1, 0.15) is 11.3 Å². The van der Waals surface area contributed by atoms with Crippen LogP contribution in [0.5, 0.6) is 5.75 Å². The van der Waals surface area contributed by atoms with Gasteiger partial charge in [-0.05, 0) is 12.3 Å². The van der Waals surface area contributed by atoms with Crippen molar-refractivity contribution in [2.45, 2.75) is 0 Å². The number of carboxylic acid groups (broad SMARTS) is 1. The smallest absolute Gasteiger partial charge is 0.342 e. The zero-order valence-electron chi connectivity index (χ0n) is 9.08. The Bertz CT molecular complexity index is 435. The van der Waals surface area contributed by atoms with E-state index in [1.165, 1.54) is 12.1 Å². The number of rotatable bonds is 6. The van der Waals surface area contributed by atoms with Crippen molar-refractivity contribution in [3.8, 4) is 5.75 Å². The average molecular weight is 257 g/mol. The van der Waals surface area contributed by atoms with E-state index in [2.05, 4.69) is 0 Å². The van der Waals surface area contributed by atoms with E-state index < -0.39 is 16.6 Å². The van der Waals surface area contributed by atoms with Gasteiger partial charge < -0.3 is 9.84 Å². The van der Waals surface area contributed by atoms with Gasteiger partial charge in [-0.15, -0.1) is 0 Å². The summed E-state index contributed by atoms with van der Waals surface area (Å²) in [7, 11) is 0. The predicted molar refractivity (Wildman–Crippen MR) is 63.9 cm³/mol. The average Bonchev–Trinajstić information content (AvgIpc) is 2.29. The van der Waals surface area contributed by atoms with Gasteiger partial charge in [-0.2, -0.15) is 11.8 Å². The molecule has 17 heavy (non-hydrogen) atoms. The molecule has 0 radical (unpaired) electrons. The number of hydrogen-bond acceptors (Lipinski definition) is 5. The first-order chi connectivity index (χ1) is 8.06. The van der Waals surface area contributed by atoms with E-state index in [1.54, 1.807) is 11.8 Å². The fraction of sp³-hybridized carbons (Fsp3) is 0.300. The molecule has 7 heteroatoms. The van der Waals surface area contributed by atoms with Gasteiger partial charge in [0.05, 0.1) is 11.5 Å². The second kappa shape index (κ2) is 6.09. The van der Waals surface area contributed by atoms with Gasteiger partial charge in [0.15, 0.2) is 0 Å².